The van der Waals surface area contributed by atoms with Crippen LogP contribution < -0.4 is 4.90 Å². The van der Waals surface area contributed by atoms with Gasteiger partial charge in [0.15, 0.2) is 0 Å². The number of anilines is 1. The molecule has 0 saturated carbocycles. The number of nitriles is 1. The van der Waals surface area contributed by atoms with Crippen LogP contribution in [-0.4, -0.2) is 38.1 Å². The first-order chi connectivity index (χ1) is 7.79. The van der Waals surface area contributed by atoms with Gasteiger partial charge in [0.05, 0.1) is 12.5 Å². The molecule has 1 aliphatic rings. The van der Waals surface area contributed by atoms with Gasteiger partial charge in [0.25, 0.3) is 0 Å². The van der Waals surface area contributed by atoms with Crippen molar-refractivity contribution in [1.82, 2.24) is 4.90 Å². The molecule has 3 heteroatoms. The third kappa shape index (κ3) is 2.53. The number of nitrogens with zero attached hydrogens (tertiary/aromatic N) is 3. The molecule has 16 heavy (non-hydrogen) atoms. The highest BCUT2D eigenvalue weighted by molar-refractivity contribution is 5.49. The van der Waals surface area contributed by atoms with E-state index >= 15 is 0 Å². The van der Waals surface area contributed by atoms with Crippen LogP contribution in [0.1, 0.15) is 5.56 Å². The van der Waals surface area contributed by atoms with E-state index in [4.69, 9.17) is 5.26 Å². The molecule has 0 radical (unpaired) electrons. The summed E-state index contributed by atoms with van der Waals surface area (Å²) in [4.78, 5) is 4.73. The highest BCUT2D eigenvalue weighted by Crippen LogP contribution is 2.17. The van der Waals surface area contributed by atoms with Gasteiger partial charge in [-0.3, -0.25) is 0 Å². The quantitative estimate of drug-likeness (QED) is 0.749. The van der Waals surface area contributed by atoms with E-state index in [1.165, 1.54) is 5.69 Å². The lowest BCUT2D eigenvalue weighted by molar-refractivity contribution is 0.313. The van der Waals surface area contributed by atoms with Gasteiger partial charge in [-0.2, -0.15) is 5.26 Å². The van der Waals surface area contributed by atoms with E-state index < -0.39 is 0 Å². The molecular weight excluding hydrogens is 198 g/mol. The molecule has 0 bridgehead atoms. The number of hydrogen-bond donors (Lipinski definition) is 0. The summed E-state index contributed by atoms with van der Waals surface area (Å²) >= 11 is 0. The smallest absolute Gasteiger partial charge is 0.0669 e. The SMILES string of the molecule is CN1CCN(c2cccc(CC#N)c2)CC1. The summed E-state index contributed by atoms with van der Waals surface area (Å²) in [7, 11) is 2.16. The number of likely N-dealkylation sites (N-methyl/N-ethyl adjacent to an activating group) is 1. The second kappa shape index (κ2) is 5.00. The van der Waals surface area contributed by atoms with E-state index in [1.54, 1.807) is 0 Å². The molecule has 1 heterocycles. The maximum absolute atomic E-state index is 8.69. The first-order valence-corrected chi connectivity index (χ1v) is 5.69. The summed E-state index contributed by atoms with van der Waals surface area (Å²) in [5.74, 6) is 0. The van der Waals surface area contributed by atoms with Crippen molar-refractivity contribution in [3.05, 3.63) is 29.8 Å². The molecule has 1 aliphatic heterocycles. The van der Waals surface area contributed by atoms with E-state index in [2.05, 4.69) is 35.0 Å². The van der Waals surface area contributed by atoms with Gasteiger partial charge in [0.2, 0.25) is 0 Å². The van der Waals surface area contributed by atoms with Crippen LogP contribution in [0.2, 0.25) is 0 Å². The zero-order valence-corrected chi connectivity index (χ0v) is 9.69. The highest BCUT2D eigenvalue weighted by Gasteiger charge is 2.13. The minimum atomic E-state index is 0.502. The number of piperazine rings is 1. The first-order valence-electron chi connectivity index (χ1n) is 5.69. The minimum absolute atomic E-state index is 0.502. The summed E-state index contributed by atoms with van der Waals surface area (Å²) in [6, 6.07) is 10.5. The molecule has 0 amide bonds. The summed E-state index contributed by atoms with van der Waals surface area (Å²) in [6.07, 6.45) is 0.502. The molecule has 2 rings (SSSR count). The second-order valence-corrected chi connectivity index (χ2v) is 4.30. The predicted molar refractivity (Wildman–Crippen MR) is 65.5 cm³/mol. The Morgan fingerprint density at radius 1 is 1.25 bits per heavy atom. The van der Waals surface area contributed by atoms with E-state index in [1.807, 2.05) is 12.1 Å². The molecule has 0 aliphatic carbocycles. The van der Waals surface area contributed by atoms with Gasteiger partial charge in [0.1, 0.15) is 0 Å². The Kier molecular flexibility index (Phi) is 3.43. The third-order valence-corrected chi connectivity index (χ3v) is 3.06. The number of hydrogen-bond acceptors (Lipinski definition) is 3. The lowest BCUT2D eigenvalue weighted by atomic mass is 10.1. The molecule has 3 nitrogen and oxygen atoms in total. The van der Waals surface area contributed by atoms with Gasteiger partial charge < -0.3 is 9.80 Å². The first kappa shape index (κ1) is 11.0. The summed E-state index contributed by atoms with van der Waals surface area (Å²) < 4.78 is 0. The van der Waals surface area contributed by atoms with Crippen molar-refractivity contribution in [3.8, 4) is 6.07 Å². The molecular formula is C13H17N3. The molecule has 0 N–H and O–H groups in total. The average molecular weight is 215 g/mol. The Balaban J connectivity index is 2.09. The molecule has 1 saturated heterocycles. The van der Waals surface area contributed by atoms with E-state index in [-0.39, 0.29) is 0 Å². The maximum atomic E-state index is 8.69. The molecule has 1 fully saturated rings. The Morgan fingerprint density at radius 3 is 2.69 bits per heavy atom. The van der Waals surface area contributed by atoms with Gasteiger partial charge in [-0.15, -0.1) is 0 Å². The monoisotopic (exact) mass is 215 g/mol. The van der Waals surface area contributed by atoms with E-state index in [9.17, 15) is 0 Å². The van der Waals surface area contributed by atoms with Crippen LogP contribution in [0.3, 0.4) is 0 Å². The molecule has 84 valence electrons. The fourth-order valence-electron chi connectivity index (χ4n) is 2.02. The molecule has 0 spiro atoms. The maximum Gasteiger partial charge on any atom is 0.0669 e. The van der Waals surface area contributed by atoms with Crippen molar-refractivity contribution in [3.63, 3.8) is 0 Å². The van der Waals surface area contributed by atoms with Crippen LogP contribution in [-0.2, 0) is 6.42 Å². The van der Waals surface area contributed by atoms with Crippen molar-refractivity contribution >= 4 is 5.69 Å². The van der Waals surface area contributed by atoms with Crippen molar-refractivity contribution in [2.45, 2.75) is 6.42 Å². The Labute approximate surface area is 96.9 Å². The fourth-order valence-corrected chi connectivity index (χ4v) is 2.02. The van der Waals surface area contributed by atoms with Gasteiger partial charge in [-0.25, -0.2) is 0 Å². The second-order valence-electron chi connectivity index (χ2n) is 4.30. The van der Waals surface area contributed by atoms with Gasteiger partial charge in [-0.05, 0) is 24.7 Å². The average Bonchev–Trinajstić information content (AvgIpc) is 2.31. The number of rotatable bonds is 2. The third-order valence-electron chi connectivity index (χ3n) is 3.06. The predicted octanol–water partition coefficient (Wildman–Crippen LogP) is 1.50. The van der Waals surface area contributed by atoms with E-state index in [0.29, 0.717) is 6.42 Å². The standard InChI is InChI=1S/C13H17N3/c1-15-7-9-16(10-8-15)13-4-2-3-12(11-13)5-6-14/h2-4,11H,5,7-10H2,1H3. The molecule has 0 atom stereocenters. The molecule has 1 aromatic rings. The van der Waals surface area contributed by atoms with Crippen molar-refractivity contribution in [2.75, 3.05) is 38.1 Å². The van der Waals surface area contributed by atoms with Crippen LogP contribution in [0.5, 0.6) is 0 Å². The minimum Gasteiger partial charge on any atom is -0.369 e. The topological polar surface area (TPSA) is 30.3 Å². The van der Waals surface area contributed by atoms with Crippen molar-refractivity contribution < 1.29 is 0 Å². The van der Waals surface area contributed by atoms with Crippen LogP contribution in [0.25, 0.3) is 0 Å². The van der Waals surface area contributed by atoms with E-state index in [0.717, 1.165) is 31.7 Å². The Hall–Kier alpha value is -1.53. The lowest BCUT2D eigenvalue weighted by Crippen LogP contribution is -2.44. The summed E-state index contributed by atoms with van der Waals surface area (Å²) in [6.45, 7) is 4.38. The number of benzene rings is 1. The van der Waals surface area contributed by atoms with Gasteiger partial charge >= 0.3 is 0 Å². The largest absolute Gasteiger partial charge is 0.369 e. The zero-order chi connectivity index (χ0) is 11.4. The Morgan fingerprint density at radius 2 is 2.00 bits per heavy atom. The van der Waals surface area contributed by atoms with Crippen LogP contribution in [0.15, 0.2) is 24.3 Å². The van der Waals surface area contributed by atoms with Gasteiger partial charge in [0, 0.05) is 31.9 Å². The van der Waals surface area contributed by atoms with Crippen molar-refractivity contribution in [2.24, 2.45) is 0 Å². The summed E-state index contributed by atoms with van der Waals surface area (Å²) in [5.41, 5.74) is 2.36. The normalized spacial score (nSPS) is 17.1. The zero-order valence-electron chi connectivity index (χ0n) is 9.69. The Bertz CT molecular complexity index is 386. The van der Waals surface area contributed by atoms with Crippen LogP contribution in [0, 0.1) is 11.3 Å². The van der Waals surface area contributed by atoms with Crippen molar-refractivity contribution in [1.29, 1.82) is 5.26 Å². The fraction of sp³-hybridized carbons (Fsp3) is 0.462. The highest BCUT2D eigenvalue weighted by atomic mass is 15.2. The van der Waals surface area contributed by atoms with Crippen LogP contribution >= 0.6 is 0 Å². The molecule has 0 unspecified atom stereocenters. The van der Waals surface area contributed by atoms with Crippen LogP contribution in [0.4, 0.5) is 5.69 Å². The lowest BCUT2D eigenvalue weighted by Gasteiger charge is -2.34. The molecule has 0 aromatic heterocycles. The van der Waals surface area contributed by atoms with Gasteiger partial charge in [-0.1, -0.05) is 12.1 Å². The molecule has 1 aromatic carbocycles. The summed E-state index contributed by atoms with van der Waals surface area (Å²) in [5, 5.41) is 8.69.